The molecule has 0 saturated carbocycles. The lowest BCUT2D eigenvalue weighted by atomic mass is 9.94. The fourth-order valence-corrected chi connectivity index (χ4v) is 2.66. The highest BCUT2D eigenvalue weighted by atomic mass is 35.5. The fourth-order valence-electron chi connectivity index (χ4n) is 2.44. The van der Waals surface area contributed by atoms with Gasteiger partial charge in [-0.3, -0.25) is 0 Å². The van der Waals surface area contributed by atoms with Gasteiger partial charge in [0.05, 0.1) is 11.6 Å². The van der Waals surface area contributed by atoms with Gasteiger partial charge in [-0.05, 0) is 25.0 Å². The van der Waals surface area contributed by atoms with E-state index < -0.39 is 6.10 Å². The van der Waals surface area contributed by atoms with Crippen LogP contribution in [0.25, 0.3) is 11.0 Å². The molecule has 96 valence electrons. The lowest BCUT2D eigenvalue weighted by Crippen LogP contribution is -2.23. The zero-order valence-corrected chi connectivity index (χ0v) is 10.7. The van der Waals surface area contributed by atoms with Crippen LogP contribution in [0.4, 0.5) is 0 Å². The topological polar surface area (TPSA) is 42.6 Å². The molecule has 1 fully saturated rings. The summed E-state index contributed by atoms with van der Waals surface area (Å²) < 4.78 is 11.1. The molecule has 1 aromatic heterocycles. The second-order valence-corrected chi connectivity index (χ2v) is 5.14. The van der Waals surface area contributed by atoms with E-state index >= 15 is 0 Å². The maximum atomic E-state index is 10.3. The van der Waals surface area contributed by atoms with E-state index in [0.29, 0.717) is 23.0 Å². The van der Waals surface area contributed by atoms with Crippen molar-refractivity contribution < 1.29 is 14.3 Å². The maximum absolute atomic E-state index is 10.3. The Bertz CT molecular complexity index is 543. The van der Waals surface area contributed by atoms with Gasteiger partial charge in [-0.15, -0.1) is 0 Å². The average Bonchev–Trinajstić information content (AvgIpc) is 2.84. The minimum Gasteiger partial charge on any atom is -0.457 e. The SMILES string of the molecule is OC(c1cc2cccc(Cl)c2o1)C1CCCOC1. The standard InChI is InChI=1S/C14H15ClO3/c15-11-5-1-3-9-7-12(18-14(9)11)13(16)10-4-2-6-17-8-10/h1,3,5,7,10,13,16H,2,4,6,8H2. The molecule has 1 N–H and O–H groups in total. The zero-order valence-electron chi connectivity index (χ0n) is 9.93. The summed E-state index contributed by atoms with van der Waals surface area (Å²) in [6.45, 7) is 1.38. The van der Waals surface area contributed by atoms with Crippen LogP contribution in [0.5, 0.6) is 0 Å². The summed E-state index contributed by atoms with van der Waals surface area (Å²) in [7, 11) is 0. The highest BCUT2D eigenvalue weighted by Gasteiger charge is 2.26. The average molecular weight is 267 g/mol. The van der Waals surface area contributed by atoms with Gasteiger partial charge in [0, 0.05) is 17.9 Å². The Labute approximate surface area is 110 Å². The minimum atomic E-state index is -0.617. The van der Waals surface area contributed by atoms with Gasteiger partial charge in [0.15, 0.2) is 5.58 Å². The Kier molecular flexibility index (Phi) is 3.29. The van der Waals surface area contributed by atoms with E-state index in [1.807, 2.05) is 18.2 Å². The first-order valence-corrected chi connectivity index (χ1v) is 6.57. The van der Waals surface area contributed by atoms with Crippen LogP contribution in [-0.4, -0.2) is 18.3 Å². The number of ether oxygens (including phenoxy) is 1. The van der Waals surface area contributed by atoms with Crippen LogP contribution < -0.4 is 0 Å². The Hall–Kier alpha value is -1.03. The summed E-state index contributed by atoms with van der Waals surface area (Å²) in [5.41, 5.74) is 0.643. The van der Waals surface area contributed by atoms with Gasteiger partial charge >= 0.3 is 0 Å². The van der Waals surface area contributed by atoms with Crippen molar-refractivity contribution in [2.24, 2.45) is 5.92 Å². The summed E-state index contributed by atoms with van der Waals surface area (Å²) in [6.07, 6.45) is 1.34. The number of benzene rings is 1. The molecule has 2 heterocycles. The first kappa shape index (κ1) is 12.0. The number of halogens is 1. The molecule has 0 bridgehead atoms. The van der Waals surface area contributed by atoms with Crippen LogP contribution in [-0.2, 0) is 4.74 Å². The van der Waals surface area contributed by atoms with Crippen LogP contribution in [0.3, 0.4) is 0 Å². The summed E-state index contributed by atoms with van der Waals surface area (Å²) in [4.78, 5) is 0. The molecule has 0 spiro atoms. The van der Waals surface area contributed by atoms with Crippen molar-refractivity contribution in [2.45, 2.75) is 18.9 Å². The Morgan fingerprint density at radius 2 is 2.28 bits per heavy atom. The maximum Gasteiger partial charge on any atom is 0.152 e. The summed E-state index contributed by atoms with van der Waals surface area (Å²) in [5.74, 6) is 0.687. The second-order valence-electron chi connectivity index (χ2n) is 4.73. The number of para-hydroxylation sites is 1. The molecule has 2 atom stereocenters. The summed E-state index contributed by atoms with van der Waals surface area (Å²) >= 11 is 6.06. The van der Waals surface area contributed by atoms with Crippen LogP contribution in [0.1, 0.15) is 24.7 Å². The van der Waals surface area contributed by atoms with Gasteiger partial charge in [0.25, 0.3) is 0 Å². The molecule has 1 aliphatic rings. The third kappa shape index (κ3) is 2.14. The van der Waals surface area contributed by atoms with Gasteiger partial charge < -0.3 is 14.3 Å². The monoisotopic (exact) mass is 266 g/mol. The van der Waals surface area contributed by atoms with Crippen molar-refractivity contribution in [1.82, 2.24) is 0 Å². The molecule has 0 amide bonds. The molecular weight excluding hydrogens is 252 g/mol. The molecule has 0 radical (unpaired) electrons. The number of rotatable bonds is 2. The number of hydrogen-bond donors (Lipinski definition) is 1. The van der Waals surface area contributed by atoms with Gasteiger partial charge in [0.1, 0.15) is 11.9 Å². The molecule has 0 aliphatic carbocycles. The summed E-state index contributed by atoms with van der Waals surface area (Å²) in [6, 6.07) is 7.45. The van der Waals surface area contributed by atoms with Crippen LogP contribution in [0, 0.1) is 5.92 Å². The zero-order chi connectivity index (χ0) is 12.5. The molecule has 4 heteroatoms. The highest BCUT2D eigenvalue weighted by molar-refractivity contribution is 6.34. The quantitative estimate of drug-likeness (QED) is 0.904. The lowest BCUT2D eigenvalue weighted by Gasteiger charge is -2.25. The summed E-state index contributed by atoms with van der Waals surface area (Å²) in [5, 5.41) is 11.8. The normalized spacial score (nSPS) is 22.2. The van der Waals surface area contributed by atoms with Crippen LogP contribution in [0.15, 0.2) is 28.7 Å². The Morgan fingerprint density at radius 3 is 3.00 bits per heavy atom. The predicted molar refractivity (Wildman–Crippen MR) is 69.7 cm³/mol. The van der Waals surface area contributed by atoms with Crippen molar-refractivity contribution in [3.05, 3.63) is 35.0 Å². The largest absolute Gasteiger partial charge is 0.457 e. The van der Waals surface area contributed by atoms with Crippen molar-refractivity contribution in [1.29, 1.82) is 0 Å². The molecule has 3 nitrogen and oxygen atoms in total. The molecule has 2 aromatic rings. The number of furan rings is 1. The highest BCUT2D eigenvalue weighted by Crippen LogP contribution is 2.34. The van der Waals surface area contributed by atoms with Crippen molar-refractivity contribution >= 4 is 22.6 Å². The number of fused-ring (bicyclic) bond motifs is 1. The van der Waals surface area contributed by atoms with E-state index in [-0.39, 0.29) is 5.92 Å². The molecule has 1 aliphatic heterocycles. The molecule has 2 unspecified atom stereocenters. The first-order valence-electron chi connectivity index (χ1n) is 6.19. The third-order valence-electron chi connectivity index (χ3n) is 3.45. The number of aliphatic hydroxyl groups excluding tert-OH is 1. The Morgan fingerprint density at radius 1 is 1.39 bits per heavy atom. The molecule has 1 aromatic carbocycles. The molecule has 3 rings (SSSR count). The van der Waals surface area contributed by atoms with Crippen LogP contribution in [0.2, 0.25) is 5.02 Å². The van der Waals surface area contributed by atoms with E-state index in [1.165, 1.54) is 0 Å². The number of hydrogen-bond acceptors (Lipinski definition) is 3. The van der Waals surface area contributed by atoms with Crippen molar-refractivity contribution in [2.75, 3.05) is 13.2 Å². The molecule has 18 heavy (non-hydrogen) atoms. The Balaban J connectivity index is 1.91. The van der Waals surface area contributed by atoms with E-state index in [1.54, 1.807) is 6.07 Å². The minimum absolute atomic E-state index is 0.109. The van der Waals surface area contributed by atoms with Crippen molar-refractivity contribution in [3.63, 3.8) is 0 Å². The van der Waals surface area contributed by atoms with E-state index in [0.717, 1.165) is 24.8 Å². The van der Waals surface area contributed by atoms with Gasteiger partial charge in [0.2, 0.25) is 0 Å². The van der Waals surface area contributed by atoms with E-state index in [4.69, 9.17) is 20.8 Å². The molecule has 1 saturated heterocycles. The van der Waals surface area contributed by atoms with Crippen molar-refractivity contribution in [3.8, 4) is 0 Å². The van der Waals surface area contributed by atoms with Crippen LogP contribution >= 0.6 is 11.6 Å². The first-order chi connectivity index (χ1) is 8.75. The smallest absolute Gasteiger partial charge is 0.152 e. The second kappa shape index (κ2) is 4.92. The fraction of sp³-hybridized carbons (Fsp3) is 0.429. The van der Waals surface area contributed by atoms with Gasteiger partial charge in [-0.2, -0.15) is 0 Å². The number of aliphatic hydroxyl groups is 1. The lowest BCUT2D eigenvalue weighted by molar-refractivity contribution is -0.0173. The third-order valence-corrected chi connectivity index (χ3v) is 3.75. The van der Waals surface area contributed by atoms with E-state index in [9.17, 15) is 5.11 Å². The molecular formula is C14H15ClO3. The van der Waals surface area contributed by atoms with E-state index in [2.05, 4.69) is 0 Å². The van der Waals surface area contributed by atoms with Gasteiger partial charge in [-0.25, -0.2) is 0 Å². The van der Waals surface area contributed by atoms with Gasteiger partial charge in [-0.1, -0.05) is 23.7 Å². The predicted octanol–water partition coefficient (Wildman–Crippen LogP) is 3.55.